The number of hydrogen-bond acceptors (Lipinski definition) is 3. The lowest BCUT2D eigenvalue weighted by molar-refractivity contribution is -0.115. The molecule has 1 heterocycles. The second-order valence-corrected chi connectivity index (χ2v) is 6.70. The van der Waals surface area contributed by atoms with Gasteiger partial charge in [-0.3, -0.25) is 9.79 Å². The minimum absolute atomic E-state index is 0.0409. The highest BCUT2D eigenvalue weighted by Crippen LogP contribution is 2.24. The number of allylic oxidation sites excluding steroid dienone is 2. The van der Waals surface area contributed by atoms with E-state index in [0.29, 0.717) is 25.0 Å². The first-order chi connectivity index (χ1) is 12.1. The molecule has 0 aliphatic heterocycles. The average molecular weight is 338 g/mol. The molecular weight excluding hydrogens is 312 g/mol. The number of aliphatic hydroxyl groups is 1. The summed E-state index contributed by atoms with van der Waals surface area (Å²) in [7, 11) is 0. The molecule has 3 rings (SSSR count). The largest absolute Gasteiger partial charge is 0.511 e. The number of aliphatic hydroxyl groups excluding tert-OH is 1. The maximum atomic E-state index is 12.2. The highest BCUT2D eigenvalue weighted by Gasteiger charge is 2.24. The summed E-state index contributed by atoms with van der Waals surface area (Å²) in [5.41, 5.74) is 4.89. The van der Waals surface area contributed by atoms with Gasteiger partial charge >= 0.3 is 0 Å². The minimum atomic E-state index is 0.0409. The zero-order valence-corrected chi connectivity index (χ0v) is 15.1. The van der Waals surface area contributed by atoms with E-state index < -0.39 is 0 Å². The molecule has 2 N–H and O–H groups in total. The third-order valence-electron chi connectivity index (χ3n) is 4.85. The summed E-state index contributed by atoms with van der Waals surface area (Å²) in [4.78, 5) is 20.4. The molecule has 1 aromatic carbocycles. The van der Waals surface area contributed by atoms with Crippen LogP contribution in [0.25, 0.3) is 10.9 Å². The number of fused-ring (bicyclic) bond motifs is 1. The number of aryl methyl sites for hydroxylation is 1. The van der Waals surface area contributed by atoms with Crippen molar-refractivity contribution in [2.75, 3.05) is 6.54 Å². The van der Waals surface area contributed by atoms with Crippen LogP contribution >= 0.6 is 0 Å². The smallest absolute Gasteiger partial charge is 0.168 e. The van der Waals surface area contributed by atoms with Gasteiger partial charge < -0.3 is 10.1 Å². The fraction of sp³-hybridized carbons (Fsp3) is 0.429. The summed E-state index contributed by atoms with van der Waals surface area (Å²) in [6.07, 6.45) is 4.32. The topological polar surface area (TPSA) is 65.4 Å². The van der Waals surface area contributed by atoms with Crippen LogP contribution in [0.2, 0.25) is 0 Å². The van der Waals surface area contributed by atoms with Crippen LogP contribution in [0, 0.1) is 6.92 Å². The van der Waals surface area contributed by atoms with Crippen molar-refractivity contribution in [3.8, 4) is 0 Å². The molecule has 1 saturated carbocycles. The minimum Gasteiger partial charge on any atom is -0.511 e. The van der Waals surface area contributed by atoms with Crippen molar-refractivity contribution in [3.05, 3.63) is 46.9 Å². The number of aliphatic imine (C=N–C) groups is 1. The standard InChI is InChI=1S/C21H26N2O2/c1-3-7-19(24)21-18(10-6-11-20(21)25)22-13-12-15-14(2)23-17-9-5-4-8-16(15)17/h4-5,8-9,23-24H,3,6-7,10-13H2,1-2H3/b21-19+,22-18?. The van der Waals surface area contributed by atoms with Crippen LogP contribution < -0.4 is 0 Å². The van der Waals surface area contributed by atoms with E-state index in [9.17, 15) is 9.90 Å². The number of aromatic amines is 1. The molecule has 1 fully saturated rings. The van der Waals surface area contributed by atoms with Gasteiger partial charge in [0.1, 0.15) is 5.76 Å². The zero-order chi connectivity index (χ0) is 17.8. The second kappa shape index (κ2) is 7.68. The Morgan fingerprint density at radius 1 is 1.28 bits per heavy atom. The van der Waals surface area contributed by atoms with Gasteiger partial charge in [0, 0.05) is 41.7 Å². The Kier molecular flexibility index (Phi) is 5.37. The summed E-state index contributed by atoms with van der Waals surface area (Å²) < 4.78 is 0. The van der Waals surface area contributed by atoms with Crippen molar-refractivity contribution in [3.63, 3.8) is 0 Å². The number of carbonyl (C=O) groups is 1. The number of benzene rings is 1. The number of nitrogens with one attached hydrogen (secondary N) is 1. The van der Waals surface area contributed by atoms with E-state index in [1.165, 1.54) is 16.6 Å². The molecule has 25 heavy (non-hydrogen) atoms. The summed E-state index contributed by atoms with van der Waals surface area (Å²) in [6.45, 7) is 4.72. The molecule has 4 heteroatoms. The van der Waals surface area contributed by atoms with E-state index in [0.717, 1.165) is 36.9 Å². The van der Waals surface area contributed by atoms with Gasteiger partial charge in [0.25, 0.3) is 0 Å². The molecule has 0 amide bonds. The molecule has 0 saturated heterocycles. The van der Waals surface area contributed by atoms with Gasteiger partial charge in [0.2, 0.25) is 0 Å². The first-order valence-corrected chi connectivity index (χ1v) is 9.17. The van der Waals surface area contributed by atoms with Gasteiger partial charge in [-0.15, -0.1) is 0 Å². The first-order valence-electron chi connectivity index (χ1n) is 9.17. The van der Waals surface area contributed by atoms with Gasteiger partial charge in [-0.2, -0.15) is 0 Å². The number of aromatic nitrogens is 1. The molecule has 1 aliphatic rings. The van der Waals surface area contributed by atoms with Crippen molar-refractivity contribution >= 4 is 22.4 Å². The first kappa shape index (κ1) is 17.5. The number of carbonyl (C=O) groups excluding carboxylic acids is 1. The lowest BCUT2D eigenvalue weighted by Crippen LogP contribution is -2.21. The summed E-state index contributed by atoms with van der Waals surface area (Å²) >= 11 is 0. The normalized spacial score (nSPS) is 19.0. The van der Waals surface area contributed by atoms with Gasteiger partial charge in [0.05, 0.1) is 5.57 Å². The molecule has 1 aliphatic carbocycles. The summed E-state index contributed by atoms with van der Waals surface area (Å²) in [5, 5.41) is 11.5. The third-order valence-corrected chi connectivity index (χ3v) is 4.85. The Balaban J connectivity index is 1.81. The number of Topliss-reactive ketones (excluding diaryl/α,β-unsaturated/α-hetero) is 1. The van der Waals surface area contributed by atoms with Crippen molar-refractivity contribution in [2.45, 2.75) is 52.4 Å². The summed E-state index contributed by atoms with van der Waals surface area (Å²) in [6, 6.07) is 8.29. The lowest BCUT2D eigenvalue weighted by atomic mass is 9.89. The Bertz CT molecular complexity index is 843. The van der Waals surface area contributed by atoms with Crippen LogP contribution in [-0.2, 0) is 11.2 Å². The number of rotatable bonds is 5. The maximum Gasteiger partial charge on any atom is 0.168 e. The van der Waals surface area contributed by atoms with E-state index in [-0.39, 0.29) is 11.5 Å². The highest BCUT2D eigenvalue weighted by molar-refractivity contribution is 6.24. The number of nitrogens with zero attached hydrogens (tertiary/aromatic N) is 1. The fourth-order valence-electron chi connectivity index (χ4n) is 3.63. The number of para-hydroxylation sites is 1. The van der Waals surface area contributed by atoms with E-state index in [4.69, 9.17) is 4.99 Å². The predicted molar refractivity (Wildman–Crippen MR) is 102 cm³/mol. The van der Waals surface area contributed by atoms with Crippen LogP contribution in [0.4, 0.5) is 0 Å². The van der Waals surface area contributed by atoms with Crippen molar-refractivity contribution in [2.24, 2.45) is 4.99 Å². The monoisotopic (exact) mass is 338 g/mol. The van der Waals surface area contributed by atoms with Crippen LogP contribution in [0.3, 0.4) is 0 Å². The second-order valence-electron chi connectivity index (χ2n) is 6.70. The SMILES string of the molecule is CCC/C(O)=C1\C(=O)CCCC1=NCCc1c(C)[nH]c2ccccc12. The van der Waals surface area contributed by atoms with E-state index in [1.807, 2.05) is 13.0 Å². The van der Waals surface area contributed by atoms with E-state index >= 15 is 0 Å². The quantitative estimate of drug-likeness (QED) is 0.606. The predicted octanol–water partition coefficient (Wildman–Crippen LogP) is 4.83. The van der Waals surface area contributed by atoms with E-state index in [1.54, 1.807) is 0 Å². The van der Waals surface area contributed by atoms with Crippen molar-refractivity contribution < 1.29 is 9.90 Å². The molecule has 0 spiro atoms. The highest BCUT2D eigenvalue weighted by atomic mass is 16.3. The number of H-pyrrole nitrogens is 1. The van der Waals surface area contributed by atoms with Crippen molar-refractivity contribution in [1.29, 1.82) is 0 Å². The fourth-order valence-corrected chi connectivity index (χ4v) is 3.63. The molecule has 1 aromatic heterocycles. The van der Waals surface area contributed by atoms with Gasteiger partial charge in [-0.1, -0.05) is 25.1 Å². The Morgan fingerprint density at radius 3 is 2.88 bits per heavy atom. The average Bonchev–Trinajstić information content (AvgIpc) is 2.91. The molecule has 0 bridgehead atoms. The molecule has 0 atom stereocenters. The van der Waals surface area contributed by atoms with Crippen LogP contribution in [0.1, 0.15) is 50.3 Å². The number of ketones is 1. The van der Waals surface area contributed by atoms with Crippen LogP contribution in [-0.4, -0.2) is 28.1 Å². The molecule has 2 aromatic rings. The zero-order valence-electron chi connectivity index (χ0n) is 15.1. The molecule has 0 unspecified atom stereocenters. The van der Waals surface area contributed by atoms with Gasteiger partial charge in [0.15, 0.2) is 5.78 Å². The van der Waals surface area contributed by atoms with E-state index in [2.05, 4.69) is 30.1 Å². The Morgan fingerprint density at radius 2 is 2.08 bits per heavy atom. The van der Waals surface area contributed by atoms with Crippen molar-refractivity contribution in [1.82, 2.24) is 4.98 Å². The third kappa shape index (κ3) is 3.68. The molecule has 4 nitrogen and oxygen atoms in total. The Hall–Kier alpha value is -2.36. The van der Waals surface area contributed by atoms with Crippen LogP contribution in [0.15, 0.2) is 40.6 Å². The maximum absolute atomic E-state index is 12.2. The Labute approximate surface area is 148 Å². The van der Waals surface area contributed by atoms with Gasteiger partial charge in [-0.05, 0) is 44.2 Å². The number of hydrogen-bond donors (Lipinski definition) is 2. The summed E-state index contributed by atoms with van der Waals surface area (Å²) in [5.74, 6) is 0.258. The molecule has 132 valence electrons. The lowest BCUT2D eigenvalue weighted by Gasteiger charge is -2.17. The molecule has 0 radical (unpaired) electrons. The van der Waals surface area contributed by atoms with Crippen LogP contribution in [0.5, 0.6) is 0 Å². The van der Waals surface area contributed by atoms with Gasteiger partial charge in [-0.25, -0.2) is 0 Å². The molecular formula is C21H26N2O2.